The van der Waals surface area contributed by atoms with Crippen LogP contribution in [0.2, 0.25) is 0 Å². The molecule has 67 heavy (non-hydrogen) atoms. The Bertz CT molecular complexity index is 2570. The van der Waals surface area contributed by atoms with E-state index in [2.05, 4.69) is 5.32 Å². The number of sulfonamides is 2. The summed E-state index contributed by atoms with van der Waals surface area (Å²) in [6.07, 6.45) is -0.214. The summed E-state index contributed by atoms with van der Waals surface area (Å²) in [5.41, 5.74) is 0.749. The molecular weight excluding hydrogens is 911 g/mol. The smallest absolute Gasteiger partial charge is 0.339 e. The second kappa shape index (κ2) is 23.5. The normalized spacial score (nSPS) is 12.1. The Morgan fingerprint density at radius 3 is 1.42 bits per heavy atom. The third-order valence-electron chi connectivity index (χ3n) is 9.21. The number of nitrogens with zero attached hydrogens (tertiary/aromatic N) is 2. The van der Waals surface area contributed by atoms with Gasteiger partial charge in [0, 0.05) is 46.9 Å². The topological polar surface area (TPSA) is 231 Å². The van der Waals surface area contributed by atoms with E-state index < -0.39 is 61.1 Å². The maximum absolute atomic E-state index is 13.4. The number of nitrogens with one attached hydrogen (secondary N) is 1. The van der Waals surface area contributed by atoms with E-state index in [1.807, 2.05) is 13.8 Å². The van der Waals surface area contributed by atoms with Gasteiger partial charge < -0.3 is 38.8 Å². The molecule has 366 valence electrons. The van der Waals surface area contributed by atoms with Crippen LogP contribution in [0.5, 0.6) is 11.5 Å². The largest absolute Gasteiger partial charge is 0.478 e. The van der Waals surface area contributed by atoms with Crippen molar-refractivity contribution in [2.75, 3.05) is 50.5 Å². The van der Waals surface area contributed by atoms with Crippen molar-refractivity contribution >= 4 is 55.2 Å². The minimum absolute atomic E-state index is 0.0164. The third kappa shape index (κ3) is 16.3. The van der Waals surface area contributed by atoms with E-state index in [-0.39, 0.29) is 70.2 Å². The van der Waals surface area contributed by atoms with Gasteiger partial charge in [-0.1, -0.05) is 35.4 Å². The van der Waals surface area contributed by atoms with Gasteiger partial charge in [0.1, 0.15) is 34.3 Å². The van der Waals surface area contributed by atoms with Crippen LogP contribution in [-0.4, -0.2) is 105 Å². The fourth-order valence-corrected chi connectivity index (χ4v) is 8.16. The van der Waals surface area contributed by atoms with Crippen LogP contribution in [0.3, 0.4) is 0 Å². The molecule has 1 amide bonds. The van der Waals surface area contributed by atoms with E-state index >= 15 is 0 Å². The molecule has 18 nitrogen and oxygen atoms in total. The average molecular weight is 972 g/mol. The molecule has 0 radical (unpaired) electrons. The van der Waals surface area contributed by atoms with E-state index in [0.29, 0.717) is 0 Å². The lowest BCUT2D eigenvalue weighted by Gasteiger charge is -2.25. The van der Waals surface area contributed by atoms with E-state index in [0.717, 1.165) is 19.7 Å². The summed E-state index contributed by atoms with van der Waals surface area (Å²) in [5.74, 6) is -3.08. The lowest BCUT2D eigenvalue weighted by atomic mass is 10.1. The number of amides is 1. The number of ether oxygens (including phenoxy) is 6. The third-order valence-corrected chi connectivity index (χ3v) is 12.8. The SMILES string of the molecule is COCOc1cc(N(C)S(=O)(=O)c2ccc(C)cc2)ccc1C(=O)N[C@@H](CCC(=O)OC(C)(C)C)C(=O)OC(C)(C)C.COCOc1cc(N(C)S(=O)(=O)c2ccc(C)cc2)ccc1C(=O)O. The molecule has 0 bridgehead atoms. The lowest BCUT2D eigenvalue weighted by molar-refractivity contribution is -0.158. The van der Waals surface area contributed by atoms with Gasteiger partial charge in [-0.25, -0.2) is 26.4 Å². The molecule has 4 aromatic rings. The van der Waals surface area contributed by atoms with Crippen LogP contribution in [0, 0.1) is 13.8 Å². The molecule has 1 atom stereocenters. The molecule has 2 N–H and O–H groups in total. The zero-order chi connectivity index (χ0) is 50.5. The molecule has 0 saturated heterocycles. The number of hydrogen-bond acceptors (Lipinski definition) is 14. The summed E-state index contributed by atoms with van der Waals surface area (Å²) in [5, 5.41) is 11.8. The Morgan fingerprint density at radius 1 is 0.627 bits per heavy atom. The van der Waals surface area contributed by atoms with Gasteiger partial charge in [-0.3, -0.25) is 18.2 Å². The summed E-state index contributed by atoms with van der Waals surface area (Å²) in [6, 6.07) is 20.0. The van der Waals surface area contributed by atoms with Crippen LogP contribution < -0.4 is 23.4 Å². The Morgan fingerprint density at radius 2 is 1.03 bits per heavy atom. The average Bonchev–Trinajstić information content (AvgIpc) is 3.24. The molecule has 0 aromatic heterocycles. The molecule has 4 rings (SSSR count). The highest BCUT2D eigenvalue weighted by atomic mass is 32.2. The van der Waals surface area contributed by atoms with Crippen LogP contribution in [0.1, 0.15) is 86.2 Å². The highest BCUT2D eigenvalue weighted by Crippen LogP contribution is 2.31. The van der Waals surface area contributed by atoms with Gasteiger partial charge >= 0.3 is 17.9 Å². The monoisotopic (exact) mass is 971 g/mol. The number of aromatic carboxylic acids is 1. The van der Waals surface area contributed by atoms with Crippen molar-refractivity contribution in [1.82, 2.24) is 5.32 Å². The number of esters is 2. The van der Waals surface area contributed by atoms with Crippen molar-refractivity contribution in [1.29, 1.82) is 0 Å². The minimum Gasteiger partial charge on any atom is -0.478 e. The van der Waals surface area contributed by atoms with Gasteiger partial charge in [-0.15, -0.1) is 0 Å². The predicted molar refractivity (Wildman–Crippen MR) is 251 cm³/mol. The number of aryl methyl sites for hydroxylation is 2. The Hall–Kier alpha value is -6.22. The Kier molecular flexibility index (Phi) is 19.3. The first-order valence-corrected chi connectivity index (χ1v) is 23.6. The zero-order valence-electron chi connectivity index (χ0n) is 39.9. The number of hydrogen-bond donors (Lipinski definition) is 2. The first-order chi connectivity index (χ1) is 31.1. The van der Waals surface area contributed by atoms with Crippen molar-refractivity contribution in [3.8, 4) is 11.5 Å². The van der Waals surface area contributed by atoms with Crippen LogP contribution in [0.4, 0.5) is 11.4 Å². The van der Waals surface area contributed by atoms with Gasteiger partial charge in [-0.05, 0) is 110 Å². The summed E-state index contributed by atoms with van der Waals surface area (Å²) < 4.78 is 85.5. The quantitative estimate of drug-likeness (QED) is 0.0722. The van der Waals surface area contributed by atoms with Crippen LogP contribution in [-0.2, 0) is 48.6 Å². The number of carbonyl (C=O) groups excluding carboxylic acids is 3. The van der Waals surface area contributed by atoms with E-state index in [4.69, 9.17) is 28.4 Å². The Balaban J connectivity index is 0.000000403. The maximum atomic E-state index is 13.4. The van der Waals surface area contributed by atoms with Gasteiger partial charge in [0.05, 0.1) is 26.7 Å². The maximum Gasteiger partial charge on any atom is 0.339 e. The van der Waals surface area contributed by atoms with Gasteiger partial charge in [0.2, 0.25) is 0 Å². The van der Waals surface area contributed by atoms with Gasteiger partial charge in [0.15, 0.2) is 13.6 Å². The lowest BCUT2D eigenvalue weighted by Crippen LogP contribution is -2.44. The molecule has 0 unspecified atom stereocenters. The zero-order valence-corrected chi connectivity index (χ0v) is 41.5. The van der Waals surface area contributed by atoms with Crippen LogP contribution in [0.25, 0.3) is 0 Å². The number of carboxylic acids is 1. The summed E-state index contributed by atoms with van der Waals surface area (Å²) in [4.78, 5) is 50.2. The molecule has 0 fully saturated rings. The van der Waals surface area contributed by atoms with Crippen LogP contribution >= 0.6 is 0 Å². The molecule has 0 heterocycles. The minimum atomic E-state index is -3.91. The summed E-state index contributed by atoms with van der Waals surface area (Å²) in [6.45, 7) is 13.6. The second-order valence-electron chi connectivity index (χ2n) is 17.0. The van der Waals surface area contributed by atoms with E-state index in [1.54, 1.807) is 65.8 Å². The molecule has 0 aliphatic rings. The van der Waals surface area contributed by atoms with Gasteiger partial charge in [-0.2, -0.15) is 0 Å². The van der Waals surface area contributed by atoms with E-state index in [9.17, 15) is 41.1 Å². The molecule has 4 aromatic carbocycles. The molecule has 0 saturated carbocycles. The van der Waals surface area contributed by atoms with Crippen molar-refractivity contribution in [3.63, 3.8) is 0 Å². The first kappa shape index (κ1) is 55.1. The molecule has 20 heteroatoms. The van der Waals surface area contributed by atoms with Crippen molar-refractivity contribution in [3.05, 3.63) is 107 Å². The summed E-state index contributed by atoms with van der Waals surface area (Å²) >= 11 is 0. The van der Waals surface area contributed by atoms with Crippen molar-refractivity contribution in [2.45, 2.75) is 95.3 Å². The van der Waals surface area contributed by atoms with E-state index in [1.165, 1.54) is 89.0 Å². The molecule has 0 spiro atoms. The van der Waals surface area contributed by atoms with Crippen LogP contribution in [0.15, 0.2) is 94.7 Å². The molecule has 0 aliphatic carbocycles. The number of anilines is 2. The highest BCUT2D eigenvalue weighted by molar-refractivity contribution is 7.93. The predicted octanol–water partition coefficient (Wildman–Crippen LogP) is 6.87. The number of benzene rings is 4. The van der Waals surface area contributed by atoms with Crippen molar-refractivity contribution < 1.29 is 69.5 Å². The van der Waals surface area contributed by atoms with Crippen molar-refractivity contribution in [2.24, 2.45) is 0 Å². The number of rotatable bonds is 19. The fourth-order valence-electron chi connectivity index (χ4n) is 5.79. The molecular formula is C47H61N3O15S2. The number of methoxy groups -OCH3 is 2. The second-order valence-corrected chi connectivity index (χ2v) is 21.0. The Labute approximate surface area is 393 Å². The highest BCUT2D eigenvalue weighted by Gasteiger charge is 2.31. The molecule has 0 aliphatic heterocycles. The number of carbonyl (C=O) groups is 4. The van der Waals surface area contributed by atoms with Gasteiger partial charge in [0.25, 0.3) is 26.0 Å². The standard InChI is InChI=1S/C30H42N2O9S.C17H19NO6S/c1-20-10-13-22(14-11-20)42(36,37)32(8)21-12-15-23(25(18-21)39-19-38-9)27(34)31-24(28(35)41-30(5,6)7)16-17-26(33)40-29(2,3)4;1-12-4-7-14(8-5-12)25(21,22)18(2)13-6-9-15(17(19)20)16(10-13)24-11-23-3/h10-15,18,24H,16-17,19H2,1-9H3,(H,31,34);4-10H,11H2,1-3H3,(H,19,20)/t24-;/m0./s1. The number of carboxylic acid groups (broad SMARTS) is 1. The first-order valence-electron chi connectivity index (χ1n) is 20.7. The fraction of sp³-hybridized carbons (Fsp3) is 0.404. The summed E-state index contributed by atoms with van der Waals surface area (Å²) in [7, 11) is -2.12.